The average Bonchev–Trinajstić information content (AvgIpc) is 2.41. The Balaban J connectivity index is 2.23. The second-order valence-corrected chi connectivity index (χ2v) is 3.85. The van der Waals surface area contributed by atoms with Gasteiger partial charge in [0.1, 0.15) is 0 Å². The van der Waals surface area contributed by atoms with Gasteiger partial charge in [-0.1, -0.05) is 6.07 Å². The highest BCUT2D eigenvalue weighted by molar-refractivity contribution is 5.86. The first-order valence-electron chi connectivity index (χ1n) is 5.55. The quantitative estimate of drug-likeness (QED) is 0.713. The Kier molecular flexibility index (Phi) is 3.56. The predicted molar refractivity (Wildman–Crippen MR) is 69.5 cm³/mol. The lowest BCUT2D eigenvalue weighted by Gasteiger charge is -2.21. The number of phenols is 1. The Bertz CT molecular complexity index is 554. The number of hydrogen-bond acceptors (Lipinski definition) is 5. The lowest BCUT2D eigenvalue weighted by molar-refractivity contribution is 0.208. The zero-order valence-corrected chi connectivity index (χ0v) is 10.5. The van der Waals surface area contributed by atoms with Crippen molar-refractivity contribution in [3.05, 3.63) is 35.7 Å². The topological polar surface area (TPSA) is 86.2 Å². The van der Waals surface area contributed by atoms with Crippen LogP contribution >= 0.6 is 0 Å². The highest BCUT2D eigenvalue weighted by Gasteiger charge is 2.14. The fraction of sp³-hybridized carbons (Fsp3) is 0.167. The number of aromatic hydroxyl groups is 1. The molecule has 2 rings (SSSR count). The van der Waals surface area contributed by atoms with E-state index in [-0.39, 0.29) is 5.75 Å². The van der Waals surface area contributed by atoms with Gasteiger partial charge in [-0.15, -0.1) is 0 Å². The number of carbonyl (C=O) groups excluding carboxylic acids is 1. The third-order valence-corrected chi connectivity index (χ3v) is 2.46. The summed E-state index contributed by atoms with van der Waals surface area (Å²) in [6.07, 6.45) is 2.92. The number of allylic oxidation sites excluding steroid dienone is 1. The SMILES string of the molecule is COc1cccc(/C=N/N2C=C(C)NNC2=O)c1O. The number of nitrogens with zero attached hydrogens (tertiary/aromatic N) is 2. The van der Waals surface area contributed by atoms with E-state index in [0.717, 1.165) is 10.7 Å². The number of nitrogens with one attached hydrogen (secondary N) is 2. The smallest absolute Gasteiger partial charge is 0.360 e. The van der Waals surface area contributed by atoms with E-state index in [2.05, 4.69) is 16.0 Å². The molecule has 1 aromatic rings. The summed E-state index contributed by atoms with van der Waals surface area (Å²) in [5.74, 6) is 0.324. The predicted octanol–water partition coefficient (Wildman–Crippen LogP) is 1.13. The van der Waals surface area contributed by atoms with Crippen LogP contribution in [-0.2, 0) is 0 Å². The van der Waals surface area contributed by atoms with Crippen LogP contribution in [0.3, 0.4) is 0 Å². The molecule has 0 aromatic heterocycles. The lowest BCUT2D eigenvalue weighted by atomic mass is 10.2. The second kappa shape index (κ2) is 5.30. The molecular formula is C12H14N4O3. The number of hydrazone groups is 1. The monoisotopic (exact) mass is 262 g/mol. The number of methoxy groups -OCH3 is 1. The van der Waals surface area contributed by atoms with Crippen LogP contribution in [0, 0.1) is 0 Å². The summed E-state index contributed by atoms with van der Waals surface area (Å²) in [5.41, 5.74) is 6.29. The molecule has 7 nitrogen and oxygen atoms in total. The van der Waals surface area contributed by atoms with Gasteiger partial charge >= 0.3 is 6.03 Å². The van der Waals surface area contributed by atoms with Gasteiger partial charge in [0.25, 0.3) is 0 Å². The van der Waals surface area contributed by atoms with Gasteiger partial charge in [-0.3, -0.25) is 5.43 Å². The maximum absolute atomic E-state index is 11.5. The van der Waals surface area contributed by atoms with Crippen LogP contribution in [0.2, 0.25) is 0 Å². The number of hydrazine groups is 1. The van der Waals surface area contributed by atoms with Crippen LogP contribution in [0.5, 0.6) is 11.5 Å². The summed E-state index contributed by atoms with van der Waals surface area (Å²) in [7, 11) is 1.46. The fourth-order valence-electron chi connectivity index (χ4n) is 1.50. The molecule has 0 aliphatic carbocycles. The van der Waals surface area contributed by atoms with Crippen molar-refractivity contribution in [2.45, 2.75) is 6.92 Å². The normalized spacial score (nSPS) is 14.9. The molecule has 1 aromatic carbocycles. The number of rotatable bonds is 3. The molecule has 3 N–H and O–H groups in total. The standard InChI is InChI=1S/C12H14N4O3/c1-8-7-16(12(18)15-14-8)13-6-9-4-3-5-10(19-2)11(9)17/h3-7,14,17H,1-2H3,(H,15,18)/b13-6+. The number of ether oxygens (including phenoxy) is 1. The molecule has 2 amide bonds. The molecule has 0 saturated carbocycles. The van der Waals surface area contributed by atoms with Gasteiger partial charge in [-0.25, -0.2) is 10.2 Å². The maximum Gasteiger partial charge on any atom is 0.360 e. The number of amides is 2. The van der Waals surface area contributed by atoms with E-state index < -0.39 is 6.03 Å². The van der Waals surface area contributed by atoms with Crippen molar-refractivity contribution < 1.29 is 14.6 Å². The first-order chi connectivity index (χ1) is 9.11. The maximum atomic E-state index is 11.5. The van der Waals surface area contributed by atoms with E-state index in [1.165, 1.54) is 19.5 Å². The average molecular weight is 262 g/mol. The first kappa shape index (κ1) is 12.7. The van der Waals surface area contributed by atoms with Crippen molar-refractivity contribution in [3.63, 3.8) is 0 Å². The first-order valence-corrected chi connectivity index (χ1v) is 5.55. The Morgan fingerprint density at radius 1 is 1.42 bits per heavy atom. The largest absolute Gasteiger partial charge is 0.504 e. The highest BCUT2D eigenvalue weighted by Crippen LogP contribution is 2.28. The Morgan fingerprint density at radius 2 is 2.21 bits per heavy atom. The van der Waals surface area contributed by atoms with Crippen molar-refractivity contribution >= 4 is 12.2 Å². The molecule has 1 aliphatic heterocycles. The molecule has 100 valence electrons. The van der Waals surface area contributed by atoms with Crippen LogP contribution in [-0.4, -0.2) is 29.5 Å². The number of para-hydroxylation sites is 1. The Morgan fingerprint density at radius 3 is 2.95 bits per heavy atom. The molecule has 0 radical (unpaired) electrons. The van der Waals surface area contributed by atoms with Crippen molar-refractivity contribution in [1.29, 1.82) is 0 Å². The van der Waals surface area contributed by atoms with Gasteiger partial charge in [0.15, 0.2) is 11.5 Å². The third kappa shape index (κ3) is 2.76. The number of urea groups is 1. The zero-order valence-electron chi connectivity index (χ0n) is 10.5. The van der Waals surface area contributed by atoms with Gasteiger partial charge < -0.3 is 9.84 Å². The van der Waals surface area contributed by atoms with Gasteiger partial charge in [0.05, 0.1) is 19.5 Å². The molecule has 1 heterocycles. The van der Waals surface area contributed by atoms with Gasteiger partial charge in [0.2, 0.25) is 0 Å². The van der Waals surface area contributed by atoms with Crippen LogP contribution in [0.4, 0.5) is 4.79 Å². The van der Waals surface area contributed by atoms with Crippen LogP contribution in [0.25, 0.3) is 0 Å². The van der Waals surface area contributed by atoms with Crippen molar-refractivity contribution in [3.8, 4) is 11.5 Å². The lowest BCUT2D eigenvalue weighted by Crippen LogP contribution is -2.46. The van der Waals surface area contributed by atoms with E-state index in [0.29, 0.717) is 11.3 Å². The Labute approximate surface area is 110 Å². The number of phenolic OH excluding ortho intramolecular Hbond substituents is 1. The number of benzene rings is 1. The van der Waals surface area contributed by atoms with Crippen LogP contribution in [0.1, 0.15) is 12.5 Å². The van der Waals surface area contributed by atoms with Crippen LogP contribution < -0.4 is 15.6 Å². The summed E-state index contributed by atoms with van der Waals surface area (Å²) in [6, 6.07) is 4.61. The number of carbonyl (C=O) groups is 1. The summed E-state index contributed by atoms with van der Waals surface area (Å²) < 4.78 is 4.99. The summed E-state index contributed by atoms with van der Waals surface area (Å²) in [5, 5.41) is 15.0. The van der Waals surface area contributed by atoms with E-state index in [9.17, 15) is 9.90 Å². The summed E-state index contributed by atoms with van der Waals surface area (Å²) in [6.45, 7) is 1.78. The highest BCUT2D eigenvalue weighted by atomic mass is 16.5. The Hall–Kier alpha value is -2.70. The van der Waals surface area contributed by atoms with Gasteiger partial charge in [-0.2, -0.15) is 10.1 Å². The molecule has 0 unspecified atom stereocenters. The third-order valence-electron chi connectivity index (χ3n) is 2.46. The van der Waals surface area contributed by atoms with Gasteiger partial charge in [-0.05, 0) is 19.1 Å². The van der Waals surface area contributed by atoms with Crippen molar-refractivity contribution in [2.24, 2.45) is 5.10 Å². The molecule has 0 atom stereocenters. The zero-order chi connectivity index (χ0) is 13.8. The molecule has 1 aliphatic rings. The minimum atomic E-state index is -0.413. The van der Waals surface area contributed by atoms with Crippen molar-refractivity contribution in [2.75, 3.05) is 7.11 Å². The summed E-state index contributed by atoms with van der Waals surface area (Å²) >= 11 is 0. The van der Waals surface area contributed by atoms with E-state index in [4.69, 9.17) is 4.74 Å². The minimum absolute atomic E-state index is 0.0232. The molecule has 0 saturated heterocycles. The molecule has 7 heteroatoms. The van der Waals surface area contributed by atoms with Crippen LogP contribution in [0.15, 0.2) is 35.2 Å². The molecule has 0 spiro atoms. The minimum Gasteiger partial charge on any atom is -0.504 e. The van der Waals surface area contributed by atoms with E-state index in [1.807, 2.05) is 0 Å². The molecule has 0 fully saturated rings. The number of hydrogen-bond donors (Lipinski definition) is 3. The fourth-order valence-corrected chi connectivity index (χ4v) is 1.50. The van der Waals surface area contributed by atoms with E-state index >= 15 is 0 Å². The van der Waals surface area contributed by atoms with Crippen molar-refractivity contribution in [1.82, 2.24) is 15.9 Å². The van der Waals surface area contributed by atoms with E-state index in [1.54, 1.807) is 25.1 Å². The second-order valence-electron chi connectivity index (χ2n) is 3.85. The molecule has 19 heavy (non-hydrogen) atoms. The molecular weight excluding hydrogens is 248 g/mol. The van der Waals surface area contributed by atoms with Gasteiger partial charge in [0, 0.05) is 11.3 Å². The summed E-state index contributed by atoms with van der Waals surface area (Å²) in [4.78, 5) is 11.5. The molecule has 0 bridgehead atoms.